The number of rotatable bonds is 8. The molecule has 0 aliphatic heterocycles. The summed E-state index contributed by atoms with van der Waals surface area (Å²) in [4.78, 5) is 26.4. The van der Waals surface area contributed by atoms with Gasteiger partial charge in [0.1, 0.15) is 5.25 Å². The minimum Gasteiger partial charge on any atom is -0.326 e. The van der Waals surface area contributed by atoms with Crippen molar-refractivity contribution in [2.75, 3.05) is 10.6 Å². The molecule has 1 unspecified atom stereocenters. The van der Waals surface area contributed by atoms with Crippen molar-refractivity contribution in [2.24, 2.45) is 0 Å². The van der Waals surface area contributed by atoms with Gasteiger partial charge >= 0.3 is 6.18 Å². The van der Waals surface area contributed by atoms with Crippen LogP contribution < -0.4 is 10.6 Å². The number of halogens is 4. The maximum atomic E-state index is 13.3. The molecular formula is C29H22ClF3N2O2S. The minimum atomic E-state index is -4.57. The van der Waals surface area contributed by atoms with Crippen LogP contribution in [0, 0.1) is 0 Å². The molecule has 2 amide bonds. The monoisotopic (exact) mass is 554 g/mol. The number of alkyl halides is 3. The summed E-state index contributed by atoms with van der Waals surface area (Å²) in [6, 6.07) is 28.1. The highest BCUT2D eigenvalue weighted by atomic mass is 35.5. The highest BCUT2D eigenvalue weighted by Crippen LogP contribution is 2.38. The van der Waals surface area contributed by atoms with Gasteiger partial charge < -0.3 is 10.6 Å². The van der Waals surface area contributed by atoms with E-state index in [4.69, 9.17) is 11.6 Å². The van der Waals surface area contributed by atoms with Crippen molar-refractivity contribution >= 4 is 46.6 Å². The molecule has 4 rings (SSSR count). The van der Waals surface area contributed by atoms with Gasteiger partial charge in [0.25, 0.3) is 0 Å². The second-order valence-corrected chi connectivity index (χ2v) is 9.91. The van der Waals surface area contributed by atoms with Gasteiger partial charge in [0.2, 0.25) is 11.8 Å². The van der Waals surface area contributed by atoms with Crippen LogP contribution in [0.25, 0.3) is 0 Å². The normalized spacial score (nSPS) is 12.0. The summed E-state index contributed by atoms with van der Waals surface area (Å²) in [6.45, 7) is 0. The average molecular weight is 555 g/mol. The van der Waals surface area contributed by atoms with Crippen LogP contribution in [0.3, 0.4) is 0 Å². The Bertz CT molecular complexity index is 1400. The van der Waals surface area contributed by atoms with Crippen molar-refractivity contribution in [3.05, 3.63) is 125 Å². The van der Waals surface area contributed by atoms with Crippen LogP contribution in [0.2, 0.25) is 5.02 Å². The second kappa shape index (κ2) is 12.2. The molecule has 4 aromatic carbocycles. The number of carbonyl (C=O) groups excluding carboxylic acids is 2. The van der Waals surface area contributed by atoms with Gasteiger partial charge in [-0.1, -0.05) is 72.3 Å². The molecule has 38 heavy (non-hydrogen) atoms. The van der Waals surface area contributed by atoms with E-state index in [1.54, 1.807) is 54.6 Å². The first kappa shape index (κ1) is 27.3. The van der Waals surface area contributed by atoms with Crippen LogP contribution in [0.5, 0.6) is 0 Å². The molecule has 0 aliphatic carbocycles. The highest BCUT2D eigenvalue weighted by molar-refractivity contribution is 8.00. The van der Waals surface area contributed by atoms with Crippen LogP contribution in [0.1, 0.15) is 21.9 Å². The number of benzene rings is 4. The van der Waals surface area contributed by atoms with Gasteiger partial charge in [-0.2, -0.15) is 13.2 Å². The molecule has 0 fully saturated rings. The molecule has 9 heteroatoms. The van der Waals surface area contributed by atoms with Crippen molar-refractivity contribution in [3.63, 3.8) is 0 Å². The van der Waals surface area contributed by atoms with Gasteiger partial charge in [-0.3, -0.25) is 9.59 Å². The third-order valence-electron chi connectivity index (χ3n) is 5.49. The molecule has 0 saturated heterocycles. The van der Waals surface area contributed by atoms with E-state index in [1.807, 2.05) is 30.3 Å². The summed E-state index contributed by atoms with van der Waals surface area (Å²) in [7, 11) is 0. The van der Waals surface area contributed by atoms with Crippen LogP contribution in [0.15, 0.2) is 108 Å². The molecule has 4 nitrogen and oxygen atoms in total. The molecule has 0 aliphatic rings. The van der Waals surface area contributed by atoms with Gasteiger partial charge in [0.15, 0.2) is 0 Å². The summed E-state index contributed by atoms with van der Waals surface area (Å²) >= 11 is 7.31. The zero-order valence-electron chi connectivity index (χ0n) is 19.8. The molecule has 0 radical (unpaired) electrons. The fraction of sp³-hybridized carbons (Fsp3) is 0.103. The molecule has 0 spiro atoms. The number of anilines is 2. The first-order chi connectivity index (χ1) is 18.2. The zero-order valence-corrected chi connectivity index (χ0v) is 21.4. The summed E-state index contributed by atoms with van der Waals surface area (Å²) in [5.41, 5.74) is 1.13. The lowest BCUT2D eigenvalue weighted by Crippen LogP contribution is -2.19. The largest absolute Gasteiger partial charge is 0.416 e. The number of hydrogen-bond acceptors (Lipinski definition) is 3. The number of carbonyl (C=O) groups is 2. The Morgan fingerprint density at radius 1 is 0.816 bits per heavy atom. The minimum absolute atomic E-state index is 0.00115. The summed E-state index contributed by atoms with van der Waals surface area (Å²) in [5.74, 6) is -0.682. The van der Waals surface area contributed by atoms with Gasteiger partial charge in [-0.05, 0) is 53.6 Å². The van der Waals surface area contributed by atoms with Crippen molar-refractivity contribution in [3.8, 4) is 0 Å². The molecule has 1 atom stereocenters. The Kier molecular flexibility index (Phi) is 8.76. The smallest absolute Gasteiger partial charge is 0.326 e. The topological polar surface area (TPSA) is 58.2 Å². The number of amides is 2. The first-order valence-corrected chi connectivity index (χ1v) is 12.8. The third kappa shape index (κ3) is 7.40. The Balaban J connectivity index is 1.49. The van der Waals surface area contributed by atoms with Crippen LogP contribution in [0.4, 0.5) is 24.5 Å². The maximum Gasteiger partial charge on any atom is 0.416 e. The lowest BCUT2D eigenvalue weighted by molar-refractivity contribution is -0.137. The number of hydrogen-bond donors (Lipinski definition) is 2. The lowest BCUT2D eigenvalue weighted by Gasteiger charge is -2.18. The first-order valence-electron chi connectivity index (χ1n) is 11.5. The number of nitrogens with one attached hydrogen (secondary N) is 2. The van der Waals surface area contributed by atoms with E-state index >= 15 is 0 Å². The molecule has 4 aromatic rings. The van der Waals surface area contributed by atoms with E-state index in [1.165, 1.54) is 11.8 Å². The Hall–Kier alpha value is -3.75. The van der Waals surface area contributed by atoms with Gasteiger partial charge in [-0.25, -0.2) is 0 Å². The van der Waals surface area contributed by atoms with E-state index in [-0.39, 0.29) is 23.0 Å². The molecular weight excluding hydrogens is 533 g/mol. The van der Waals surface area contributed by atoms with Crippen LogP contribution >= 0.6 is 23.4 Å². The number of thioether (sulfide) groups is 1. The van der Waals surface area contributed by atoms with Crippen LogP contribution in [-0.4, -0.2) is 11.8 Å². The van der Waals surface area contributed by atoms with Gasteiger partial charge in [0, 0.05) is 10.6 Å². The Labute approximate surface area is 227 Å². The highest BCUT2D eigenvalue weighted by Gasteiger charge is 2.31. The predicted octanol–water partition coefficient (Wildman–Crippen LogP) is 8.01. The summed E-state index contributed by atoms with van der Waals surface area (Å²) in [5, 5.41) is 4.62. The predicted molar refractivity (Wildman–Crippen MR) is 145 cm³/mol. The maximum absolute atomic E-state index is 13.3. The van der Waals surface area contributed by atoms with Gasteiger partial charge in [-0.15, -0.1) is 11.8 Å². The second-order valence-electron chi connectivity index (χ2n) is 8.33. The zero-order chi connectivity index (χ0) is 27.1. The van der Waals surface area contributed by atoms with E-state index in [9.17, 15) is 22.8 Å². The summed E-state index contributed by atoms with van der Waals surface area (Å²) < 4.78 is 39.5. The van der Waals surface area contributed by atoms with Crippen molar-refractivity contribution in [1.82, 2.24) is 0 Å². The van der Waals surface area contributed by atoms with E-state index in [0.29, 0.717) is 11.3 Å². The average Bonchev–Trinajstić information content (AvgIpc) is 2.90. The fourth-order valence-corrected chi connectivity index (χ4v) is 4.83. The fourth-order valence-electron chi connectivity index (χ4n) is 3.64. The van der Waals surface area contributed by atoms with E-state index in [0.717, 1.165) is 28.7 Å². The standard InChI is InChI=1S/C29H22ClF3N2O2S/c30-24-16-11-21(29(31,32)33)18-25(24)35-28(37)27(20-9-5-2-6-10-20)38-23-14-12-22(13-15-23)34-26(36)17-19-7-3-1-4-8-19/h1-16,18,27H,17H2,(H,34,36)(H,35,37). The van der Waals surface area contributed by atoms with E-state index < -0.39 is 22.9 Å². The van der Waals surface area contributed by atoms with Crippen LogP contribution in [-0.2, 0) is 22.2 Å². The molecule has 0 aromatic heterocycles. The lowest BCUT2D eigenvalue weighted by atomic mass is 10.1. The van der Waals surface area contributed by atoms with E-state index in [2.05, 4.69) is 10.6 Å². The third-order valence-corrected chi connectivity index (χ3v) is 7.09. The molecule has 0 bridgehead atoms. The summed E-state index contributed by atoms with van der Waals surface area (Å²) in [6.07, 6.45) is -4.33. The van der Waals surface area contributed by atoms with Crippen molar-refractivity contribution in [2.45, 2.75) is 22.7 Å². The molecule has 0 heterocycles. The molecule has 0 saturated carbocycles. The van der Waals surface area contributed by atoms with Crippen molar-refractivity contribution < 1.29 is 22.8 Å². The quantitative estimate of drug-likeness (QED) is 0.217. The Morgan fingerprint density at radius 3 is 2.08 bits per heavy atom. The SMILES string of the molecule is O=C(Cc1ccccc1)Nc1ccc(SC(C(=O)Nc2cc(C(F)(F)F)ccc2Cl)c2ccccc2)cc1. The van der Waals surface area contributed by atoms with Crippen molar-refractivity contribution in [1.29, 1.82) is 0 Å². The molecule has 2 N–H and O–H groups in total. The Morgan fingerprint density at radius 2 is 1.45 bits per heavy atom. The molecule has 194 valence electrons. The van der Waals surface area contributed by atoms with Gasteiger partial charge in [0.05, 0.1) is 22.7 Å².